The number of hydrogen-bond acceptors (Lipinski definition) is 0. The van der Waals surface area contributed by atoms with E-state index in [-0.39, 0.29) is 0 Å². The first-order valence-electron chi connectivity index (χ1n) is 3.70. The molecule has 0 unspecified atom stereocenters. The molecule has 0 amide bonds. The van der Waals surface area contributed by atoms with Gasteiger partial charge in [0.1, 0.15) is 0 Å². The number of rotatable bonds is 0. The molecule has 0 spiro atoms. The fraction of sp³-hybridized carbons (Fsp3) is 0. The molecule has 0 aromatic rings. The molecule has 8 heteroatoms. The predicted octanol–water partition coefficient (Wildman–Crippen LogP) is -4.14. The Hall–Kier alpha value is 0.259. The zero-order valence-electron chi connectivity index (χ0n) is 5.88. The molecule has 2 aliphatic heterocycles. The summed E-state index contributed by atoms with van der Waals surface area (Å²) in [5, 5.41) is 2.79. The minimum atomic E-state index is 1.09. The molecule has 0 bridgehead atoms. The third-order valence-electron chi connectivity index (χ3n) is 1.88. The van der Waals surface area contributed by atoms with Crippen LogP contribution in [-0.4, -0.2) is 65.5 Å². The zero-order chi connectivity index (χ0) is 6.81. The number of fused-ring (bicyclic) bond motifs is 1. The van der Waals surface area contributed by atoms with Crippen LogP contribution in [0.2, 0.25) is 0 Å². The Kier molecular flexibility index (Phi) is 2.16. The molecule has 0 aromatic carbocycles. The van der Waals surface area contributed by atoms with Crippen LogP contribution >= 0.6 is 0 Å². The van der Waals surface area contributed by atoms with E-state index >= 15 is 0 Å². The van der Waals surface area contributed by atoms with Crippen LogP contribution in [0.25, 0.3) is 0 Å². The van der Waals surface area contributed by atoms with Gasteiger partial charge in [0.2, 0.25) is 0 Å². The second-order valence-corrected chi connectivity index (χ2v) is 2.60. The van der Waals surface area contributed by atoms with Gasteiger partial charge in [0.25, 0.3) is 0 Å². The molecule has 0 radical (unpaired) electrons. The molecular formula is C2H2B8. The summed E-state index contributed by atoms with van der Waals surface area (Å²) < 4.78 is 0. The van der Waals surface area contributed by atoms with Crippen LogP contribution < -0.4 is 0 Å². The second-order valence-electron chi connectivity index (χ2n) is 2.60. The Bertz CT molecular complexity index is 228. The summed E-state index contributed by atoms with van der Waals surface area (Å²) in [4.78, 5) is 0. The fourth-order valence-electron chi connectivity index (χ4n) is 1.34. The molecule has 10 heavy (non-hydrogen) atoms. The normalized spacial score (nSPS) is 15.2. The van der Waals surface area contributed by atoms with Gasteiger partial charge in [-0.1, -0.05) is 0 Å². The summed E-state index contributed by atoms with van der Waals surface area (Å²) in [6.45, 7) is 13.4. The van der Waals surface area contributed by atoms with Crippen molar-refractivity contribution in [3.63, 3.8) is 0 Å². The van der Waals surface area contributed by atoms with Crippen LogP contribution in [0.4, 0.5) is 0 Å². The monoisotopic (exact) mass is 114 g/mol. The van der Waals surface area contributed by atoms with Crippen molar-refractivity contribution in [2.45, 2.75) is 0 Å². The van der Waals surface area contributed by atoms with E-state index < -0.39 is 0 Å². The molecule has 0 N–H and O–H groups in total. The van der Waals surface area contributed by atoms with Gasteiger partial charge >= 0.3 is 65.5 Å². The molecule has 0 atom stereocenters. The van der Waals surface area contributed by atoms with Crippen molar-refractivity contribution in [2.75, 3.05) is 0 Å². The van der Waals surface area contributed by atoms with Crippen molar-refractivity contribution in [3.8, 4) is 0 Å². The van der Waals surface area contributed by atoms with Gasteiger partial charge in [0.05, 0.1) is 0 Å². The van der Waals surface area contributed by atoms with Gasteiger partial charge < -0.3 is 0 Å². The maximum atomic E-state index is 2.27. The Morgan fingerprint density at radius 3 is 1.80 bits per heavy atom. The van der Waals surface area contributed by atoms with Crippen LogP contribution in [0.5, 0.6) is 0 Å². The molecule has 0 aromatic heterocycles. The van der Waals surface area contributed by atoms with E-state index in [1.54, 1.807) is 0 Å². The Morgan fingerprint density at radius 1 is 0.800 bits per heavy atom. The fourth-order valence-corrected chi connectivity index (χ4v) is 1.34. The van der Waals surface area contributed by atoms with E-state index in [0.29, 0.717) is 0 Å². The molecule has 2 rings (SSSR count). The minimum absolute atomic E-state index is 1.09. The molecule has 0 nitrogen and oxygen atoms in total. The molecule has 0 aliphatic carbocycles. The van der Waals surface area contributed by atoms with Crippen molar-refractivity contribution >= 4 is 65.5 Å². The average molecular weight is 113 g/mol. The van der Waals surface area contributed by atoms with Gasteiger partial charge in [-0.05, 0) is 0 Å². The summed E-state index contributed by atoms with van der Waals surface area (Å²) in [7, 11) is 2.19. The second kappa shape index (κ2) is 3.11. The molecule has 0 saturated carbocycles. The maximum absolute atomic E-state index is 2.27. The first kappa shape index (κ1) is 6.94. The predicted molar refractivity (Wildman–Crippen MR) is 58.8 cm³/mol. The Morgan fingerprint density at radius 2 is 1.30 bits per heavy atom. The summed E-state index contributed by atoms with van der Waals surface area (Å²) in [5.41, 5.74) is 0. The molecular weight excluding hydrogens is 111 g/mol. The van der Waals surface area contributed by atoms with Gasteiger partial charge in [-0.2, -0.15) is 0 Å². The molecule has 0 fully saturated rings. The van der Waals surface area contributed by atoms with Gasteiger partial charge in [-0.15, -0.1) is 0 Å². The van der Waals surface area contributed by atoms with Crippen molar-refractivity contribution in [1.82, 2.24) is 0 Å². The van der Waals surface area contributed by atoms with E-state index in [4.69, 9.17) is 0 Å². The van der Waals surface area contributed by atoms with Crippen LogP contribution in [0.3, 0.4) is 0 Å². The third kappa shape index (κ3) is 1.31. The average Bonchev–Trinajstić information content (AvgIpc) is 2.05. The molecule has 0 saturated heterocycles. The van der Waals surface area contributed by atoms with Crippen LogP contribution in [-0.2, 0) is 0 Å². The van der Waals surface area contributed by atoms with E-state index in [0.717, 1.165) is 14.1 Å². The van der Waals surface area contributed by atoms with Crippen LogP contribution in [0.1, 0.15) is 0 Å². The number of hydrogen-bond donors (Lipinski definition) is 0. The molecule has 2 heterocycles. The van der Waals surface area contributed by atoms with Crippen molar-refractivity contribution in [2.24, 2.45) is 0 Å². The molecule has 34 valence electrons. The van der Waals surface area contributed by atoms with E-state index in [9.17, 15) is 0 Å². The molecule has 2 aliphatic rings. The quantitative estimate of drug-likeness (QED) is 0.279. The standard InChI is InChI=1S/C2H2B8/c3-1-2(5-9-7-3)6-10-8-4-1/h7,10H. The van der Waals surface area contributed by atoms with E-state index in [1.807, 2.05) is 0 Å². The van der Waals surface area contributed by atoms with Crippen LogP contribution in [0, 0.1) is 0 Å². The first-order valence-corrected chi connectivity index (χ1v) is 3.70. The van der Waals surface area contributed by atoms with Gasteiger partial charge in [0, 0.05) is 0 Å². The van der Waals surface area contributed by atoms with Gasteiger partial charge in [-0.25, -0.2) is 0 Å². The third-order valence-corrected chi connectivity index (χ3v) is 1.88. The summed E-state index contributed by atoms with van der Waals surface area (Å²) >= 11 is 0. The summed E-state index contributed by atoms with van der Waals surface area (Å²) in [6, 6.07) is 0. The van der Waals surface area contributed by atoms with E-state index in [2.05, 4.69) is 40.6 Å². The first-order chi connectivity index (χ1) is 4.97. The van der Waals surface area contributed by atoms with Gasteiger partial charge in [-0.3, -0.25) is 0 Å². The Balaban J connectivity index is 2.38. The van der Waals surface area contributed by atoms with E-state index in [1.165, 1.54) is 10.7 Å². The summed E-state index contributed by atoms with van der Waals surface area (Å²) in [6.07, 6.45) is 0. The Labute approximate surface area is 66.0 Å². The topological polar surface area (TPSA) is 0 Å². The van der Waals surface area contributed by atoms with Crippen molar-refractivity contribution in [1.29, 1.82) is 0 Å². The van der Waals surface area contributed by atoms with Crippen molar-refractivity contribution < 1.29 is 0 Å². The van der Waals surface area contributed by atoms with Crippen molar-refractivity contribution in [3.05, 3.63) is 0 Å². The zero-order valence-corrected chi connectivity index (χ0v) is 5.88. The van der Waals surface area contributed by atoms with Crippen LogP contribution in [0.15, 0.2) is 0 Å². The van der Waals surface area contributed by atoms with Gasteiger partial charge in [0.15, 0.2) is 0 Å². The summed E-state index contributed by atoms with van der Waals surface area (Å²) in [5.74, 6) is 0. The SMILES string of the molecule is B1=BC2=BBB=BC2=BB1.